The summed E-state index contributed by atoms with van der Waals surface area (Å²) >= 11 is 0. The molecule has 0 saturated heterocycles. The van der Waals surface area contributed by atoms with Gasteiger partial charge < -0.3 is 19.1 Å². The van der Waals surface area contributed by atoms with Crippen LogP contribution in [0.5, 0.6) is 23.0 Å². The number of rotatable bonds is 12. The van der Waals surface area contributed by atoms with Crippen LogP contribution in [-0.2, 0) is 25.1 Å². The lowest BCUT2D eigenvalue weighted by molar-refractivity contribution is -0.116. The summed E-state index contributed by atoms with van der Waals surface area (Å²) in [5, 5.41) is 0. The summed E-state index contributed by atoms with van der Waals surface area (Å²) in [6.45, 7) is 1.25. The topological polar surface area (TPSA) is 91.4 Å². The molecule has 5 aromatic rings. The molecule has 5 rings (SSSR count). The Morgan fingerprint density at radius 2 is 1.22 bits per heavy atom. The van der Waals surface area contributed by atoms with Crippen LogP contribution in [0.1, 0.15) is 12.5 Å². The van der Waals surface area contributed by atoms with Gasteiger partial charge in [-0.2, -0.15) is 25.2 Å². The number of methoxy groups -OCH3 is 2. The molecule has 0 unspecified atom stereocenters. The Labute approximate surface area is 284 Å². The zero-order valence-electron chi connectivity index (χ0n) is 26.6. The van der Waals surface area contributed by atoms with Crippen LogP contribution in [0.15, 0.2) is 142 Å². The van der Waals surface area contributed by atoms with E-state index in [1.165, 1.54) is 68.5 Å². The molecule has 49 heavy (non-hydrogen) atoms. The quantitative estimate of drug-likeness (QED) is 0.119. The largest absolute Gasteiger partial charge is 0.524 e. The molecule has 0 aromatic heterocycles. The molecule has 0 atom stereocenters. The van der Waals surface area contributed by atoms with Crippen molar-refractivity contribution in [2.45, 2.75) is 33.7 Å². The van der Waals surface area contributed by atoms with Gasteiger partial charge in [-0.15, -0.1) is 0 Å². The van der Waals surface area contributed by atoms with Crippen LogP contribution >= 0.6 is 10.3 Å². The Morgan fingerprint density at radius 3 is 1.73 bits per heavy atom. The van der Waals surface area contributed by atoms with E-state index in [0.29, 0.717) is 22.8 Å². The van der Waals surface area contributed by atoms with Crippen LogP contribution < -0.4 is 19.1 Å². The number of benzene rings is 5. The molecule has 0 saturated carbocycles. The van der Waals surface area contributed by atoms with E-state index in [4.69, 9.17) is 17.8 Å². The first-order chi connectivity index (χ1) is 23.4. The zero-order chi connectivity index (χ0) is 35.2. The van der Waals surface area contributed by atoms with Crippen LogP contribution in [0, 0.1) is 0 Å². The Hall–Kier alpha value is -4.98. The third kappa shape index (κ3) is 7.53. The van der Waals surface area contributed by atoms with Crippen LogP contribution in [-0.4, -0.2) is 34.1 Å². The first kappa shape index (κ1) is 35.3. The van der Waals surface area contributed by atoms with Gasteiger partial charge in [0.2, 0.25) is 5.91 Å². The third-order valence-electron chi connectivity index (χ3n) is 7.35. The van der Waals surface area contributed by atoms with Gasteiger partial charge in [0, 0.05) is 27.2 Å². The first-order valence-corrected chi connectivity index (χ1v) is 17.7. The standard InChI is InChI=1S/C36H32F3NO7S2/c1-26(41)40(25-27-23-29(44-2)19-21-34(27)45-3)33-24-32(20-22-35(33)46-28-13-7-4-8-14-28)48(30-15-9-5-10-16-30,31-17-11-6-12-18-31)47-49(42,43)36(37,38)39/h4-24H,25H2,1-3H3. The van der Waals surface area contributed by atoms with E-state index in [1.54, 1.807) is 84.9 Å². The van der Waals surface area contributed by atoms with Gasteiger partial charge in [0.25, 0.3) is 0 Å². The van der Waals surface area contributed by atoms with Crippen molar-refractivity contribution in [1.82, 2.24) is 0 Å². The number of ether oxygens (including phenoxy) is 3. The van der Waals surface area contributed by atoms with Gasteiger partial charge in [0.15, 0.2) is 5.75 Å². The van der Waals surface area contributed by atoms with Crippen LogP contribution in [0.3, 0.4) is 0 Å². The van der Waals surface area contributed by atoms with Crippen molar-refractivity contribution >= 4 is 32.0 Å². The van der Waals surface area contributed by atoms with E-state index in [-0.39, 0.29) is 32.7 Å². The molecule has 0 spiro atoms. The maximum atomic E-state index is 14.1. The summed E-state index contributed by atoms with van der Waals surface area (Å²) in [6, 6.07) is 33.8. The van der Waals surface area contributed by atoms with Crippen molar-refractivity contribution in [1.29, 1.82) is 0 Å². The fourth-order valence-corrected chi connectivity index (χ4v) is 9.81. The number of hydrogen-bond acceptors (Lipinski definition) is 7. The average molecular weight is 712 g/mol. The molecule has 5 aromatic carbocycles. The summed E-state index contributed by atoms with van der Waals surface area (Å²) in [4.78, 5) is 15.2. The van der Waals surface area contributed by atoms with Crippen molar-refractivity contribution < 1.29 is 44.2 Å². The minimum Gasteiger partial charge on any atom is -0.497 e. The highest BCUT2D eigenvalue weighted by Crippen LogP contribution is 2.71. The lowest BCUT2D eigenvalue weighted by atomic mass is 10.1. The number of hydrogen-bond donors (Lipinski definition) is 0. The number of carbonyl (C=O) groups excluding carboxylic acids is 1. The number of nitrogens with zero attached hydrogens (tertiary/aromatic N) is 1. The van der Waals surface area contributed by atoms with Crippen LogP contribution in [0.25, 0.3) is 0 Å². The summed E-state index contributed by atoms with van der Waals surface area (Å²) in [5.74, 6) is 1.07. The van der Waals surface area contributed by atoms with Gasteiger partial charge >= 0.3 is 15.6 Å². The maximum Gasteiger partial charge on any atom is 0.524 e. The van der Waals surface area contributed by atoms with E-state index < -0.39 is 31.8 Å². The van der Waals surface area contributed by atoms with Crippen LogP contribution in [0.2, 0.25) is 0 Å². The van der Waals surface area contributed by atoms with Gasteiger partial charge in [-0.25, -0.2) is 0 Å². The fourth-order valence-electron chi connectivity index (χ4n) is 5.05. The lowest BCUT2D eigenvalue weighted by Crippen LogP contribution is -2.29. The second-order valence-corrected chi connectivity index (χ2v) is 14.9. The fraction of sp³-hybridized carbons (Fsp3) is 0.139. The molecule has 0 fully saturated rings. The van der Waals surface area contributed by atoms with E-state index in [2.05, 4.69) is 0 Å². The Kier molecular flexibility index (Phi) is 10.6. The molecule has 8 nitrogen and oxygen atoms in total. The first-order valence-electron chi connectivity index (χ1n) is 14.7. The smallest absolute Gasteiger partial charge is 0.497 e. The second-order valence-electron chi connectivity index (χ2n) is 10.5. The molecule has 0 bridgehead atoms. The predicted molar refractivity (Wildman–Crippen MR) is 181 cm³/mol. The molecule has 0 N–H and O–H groups in total. The SMILES string of the molecule is COc1ccc(OC)c(CN(C(C)=O)c2cc(S(OS(=O)(=O)C(F)(F)F)(c3ccccc3)c3ccccc3)ccc2Oc2ccccc2)c1. The normalized spacial score (nSPS) is 12.2. The van der Waals surface area contributed by atoms with Crippen molar-refractivity contribution in [3.8, 4) is 23.0 Å². The van der Waals surface area contributed by atoms with Crippen LogP contribution in [0.4, 0.5) is 18.9 Å². The summed E-state index contributed by atoms with van der Waals surface area (Å²) in [6.07, 6.45) is 0. The van der Waals surface area contributed by atoms with Crippen molar-refractivity contribution in [2.24, 2.45) is 0 Å². The molecular formula is C36H32F3NO7S2. The van der Waals surface area contributed by atoms with Crippen molar-refractivity contribution in [3.05, 3.63) is 133 Å². The number of halogens is 3. The van der Waals surface area contributed by atoms with Crippen molar-refractivity contribution in [3.63, 3.8) is 0 Å². The Morgan fingerprint density at radius 1 is 0.673 bits per heavy atom. The number of amides is 1. The molecule has 0 heterocycles. The molecule has 0 aliphatic heterocycles. The Balaban J connectivity index is 1.82. The molecule has 0 aliphatic carbocycles. The molecule has 13 heteroatoms. The summed E-state index contributed by atoms with van der Waals surface area (Å²) in [7, 11) is -6.90. The molecular weight excluding hydrogens is 680 g/mol. The van der Waals surface area contributed by atoms with Gasteiger partial charge in [-0.05, 0) is 83.1 Å². The highest BCUT2D eigenvalue weighted by atomic mass is 32.3. The molecule has 1 amide bonds. The highest BCUT2D eigenvalue weighted by Gasteiger charge is 2.52. The molecule has 0 radical (unpaired) electrons. The zero-order valence-corrected chi connectivity index (χ0v) is 28.2. The van der Waals surface area contributed by atoms with E-state index in [0.717, 1.165) is 0 Å². The van der Waals surface area contributed by atoms with Gasteiger partial charge in [-0.1, -0.05) is 54.6 Å². The summed E-state index contributed by atoms with van der Waals surface area (Å²) < 4.78 is 90.9. The van der Waals surface area contributed by atoms with Crippen molar-refractivity contribution in [2.75, 3.05) is 19.1 Å². The van der Waals surface area contributed by atoms with E-state index in [9.17, 15) is 26.4 Å². The van der Waals surface area contributed by atoms with Gasteiger partial charge in [0.05, 0.1) is 26.5 Å². The minimum atomic E-state index is -6.18. The van der Waals surface area contributed by atoms with Gasteiger partial charge in [0.1, 0.15) is 17.2 Å². The number of para-hydroxylation sites is 1. The van der Waals surface area contributed by atoms with E-state index >= 15 is 0 Å². The molecule has 256 valence electrons. The van der Waals surface area contributed by atoms with Gasteiger partial charge in [-0.3, -0.25) is 4.79 Å². The third-order valence-corrected chi connectivity index (χ3v) is 12.2. The number of alkyl halides is 3. The predicted octanol–water partition coefficient (Wildman–Crippen LogP) is 9.11. The summed E-state index contributed by atoms with van der Waals surface area (Å²) in [5.41, 5.74) is -5.05. The number of carbonyl (C=O) groups is 1. The molecule has 0 aliphatic rings. The second kappa shape index (κ2) is 14.6. The highest BCUT2D eigenvalue weighted by molar-refractivity contribution is 8.33. The monoisotopic (exact) mass is 711 g/mol. The maximum absolute atomic E-state index is 14.1. The minimum absolute atomic E-state index is 0.0528. The lowest BCUT2D eigenvalue weighted by Gasteiger charge is -2.40. The average Bonchev–Trinajstić information content (AvgIpc) is 3.10. The number of anilines is 1. The van der Waals surface area contributed by atoms with E-state index in [1.807, 2.05) is 0 Å². The Bertz CT molecular complexity index is 1970.